The van der Waals surface area contributed by atoms with Crippen molar-refractivity contribution in [3.63, 3.8) is 0 Å². The Labute approximate surface area is 179 Å². The summed E-state index contributed by atoms with van der Waals surface area (Å²) < 4.78 is 1.84. The molecule has 158 valence electrons. The third kappa shape index (κ3) is 3.21. The molecule has 31 heavy (non-hydrogen) atoms. The minimum absolute atomic E-state index is 0.0561. The maximum Gasteiger partial charge on any atom is 0.255 e. The van der Waals surface area contributed by atoms with Gasteiger partial charge in [0.2, 0.25) is 0 Å². The first-order valence-electron chi connectivity index (χ1n) is 10.7. The van der Waals surface area contributed by atoms with Crippen molar-refractivity contribution in [2.75, 3.05) is 13.1 Å². The van der Waals surface area contributed by atoms with Crippen molar-refractivity contribution in [2.45, 2.75) is 45.6 Å². The molecular formula is C23H24N6O2. The number of hydrogen-bond acceptors (Lipinski definition) is 5. The van der Waals surface area contributed by atoms with E-state index in [1.165, 1.54) is 0 Å². The smallest absolute Gasteiger partial charge is 0.255 e. The average molecular weight is 416 g/mol. The Morgan fingerprint density at radius 3 is 2.71 bits per heavy atom. The summed E-state index contributed by atoms with van der Waals surface area (Å²) >= 11 is 0. The Kier molecular flexibility index (Phi) is 4.43. The monoisotopic (exact) mass is 416 g/mol. The Balaban J connectivity index is 1.31. The first kappa shape index (κ1) is 19.5. The molecule has 0 radical (unpaired) electrons. The number of rotatable bonds is 2. The molecule has 1 spiro atoms. The lowest BCUT2D eigenvalue weighted by Crippen LogP contribution is -2.46. The molecule has 2 aliphatic rings. The molecule has 8 heteroatoms. The molecule has 0 saturated carbocycles. The summed E-state index contributed by atoms with van der Waals surface area (Å²) in [7, 11) is 0. The molecule has 0 unspecified atom stereocenters. The van der Waals surface area contributed by atoms with Gasteiger partial charge in [-0.25, -0.2) is 4.98 Å². The van der Waals surface area contributed by atoms with E-state index in [0.717, 1.165) is 35.9 Å². The van der Waals surface area contributed by atoms with Crippen LogP contribution in [-0.4, -0.2) is 49.4 Å². The third-order valence-corrected chi connectivity index (χ3v) is 6.67. The van der Waals surface area contributed by atoms with Gasteiger partial charge in [-0.05, 0) is 50.7 Å². The molecule has 3 aromatic heterocycles. The number of aromatic nitrogens is 4. The normalized spacial score (nSPS) is 17.9. The first-order chi connectivity index (χ1) is 14.9. The lowest BCUT2D eigenvalue weighted by atomic mass is 9.67. The van der Waals surface area contributed by atoms with Crippen LogP contribution in [-0.2, 0) is 6.42 Å². The van der Waals surface area contributed by atoms with Gasteiger partial charge in [-0.1, -0.05) is 0 Å². The zero-order valence-corrected chi connectivity index (χ0v) is 17.7. The van der Waals surface area contributed by atoms with Gasteiger partial charge < -0.3 is 9.88 Å². The highest BCUT2D eigenvalue weighted by molar-refractivity contribution is 5.98. The molecule has 4 heterocycles. The van der Waals surface area contributed by atoms with E-state index < -0.39 is 0 Å². The summed E-state index contributed by atoms with van der Waals surface area (Å²) in [5, 5.41) is 14.2. The predicted molar refractivity (Wildman–Crippen MR) is 114 cm³/mol. The van der Waals surface area contributed by atoms with Crippen molar-refractivity contribution < 1.29 is 9.59 Å². The SMILES string of the molecule is CC(C)n1ncc2c1C(=O)CC1(CCN(C(=O)c3cnc4[nH]c(C#N)cc4c3)CC1)C2. The number of piperidine rings is 1. The molecule has 3 aromatic rings. The fraction of sp³-hybridized carbons (Fsp3) is 0.435. The molecule has 0 aromatic carbocycles. The van der Waals surface area contributed by atoms with E-state index in [-0.39, 0.29) is 23.1 Å². The number of carbonyl (C=O) groups excluding carboxylic acids is 2. The number of carbonyl (C=O) groups is 2. The molecule has 5 rings (SSSR count). The second-order valence-corrected chi connectivity index (χ2v) is 9.08. The summed E-state index contributed by atoms with van der Waals surface area (Å²) in [4.78, 5) is 35.1. The van der Waals surface area contributed by atoms with Crippen molar-refractivity contribution in [1.82, 2.24) is 24.6 Å². The van der Waals surface area contributed by atoms with Crippen molar-refractivity contribution in [3.8, 4) is 6.07 Å². The molecular weight excluding hydrogens is 392 g/mol. The molecule has 0 atom stereocenters. The molecule has 1 saturated heterocycles. The second-order valence-electron chi connectivity index (χ2n) is 9.08. The minimum Gasteiger partial charge on any atom is -0.339 e. The van der Waals surface area contributed by atoms with E-state index >= 15 is 0 Å². The van der Waals surface area contributed by atoms with E-state index in [9.17, 15) is 9.59 Å². The van der Waals surface area contributed by atoms with Gasteiger partial charge in [0.15, 0.2) is 5.78 Å². The van der Waals surface area contributed by atoms with Crippen LogP contribution in [0.1, 0.15) is 71.3 Å². The van der Waals surface area contributed by atoms with Crippen LogP contribution in [0.5, 0.6) is 0 Å². The summed E-state index contributed by atoms with van der Waals surface area (Å²) in [6.45, 7) is 5.31. The van der Waals surface area contributed by atoms with Gasteiger partial charge in [0.05, 0.1) is 11.8 Å². The molecule has 0 bridgehead atoms. The van der Waals surface area contributed by atoms with Crippen LogP contribution in [0.15, 0.2) is 24.5 Å². The van der Waals surface area contributed by atoms with Gasteiger partial charge in [-0.3, -0.25) is 14.3 Å². The number of likely N-dealkylation sites (tertiary alicyclic amines) is 1. The highest BCUT2D eigenvalue weighted by Gasteiger charge is 2.43. The number of nitrogens with zero attached hydrogens (tertiary/aromatic N) is 5. The van der Waals surface area contributed by atoms with E-state index in [2.05, 4.69) is 21.1 Å². The van der Waals surface area contributed by atoms with E-state index in [1.807, 2.05) is 29.6 Å². The predicted octanol–water partition coefficient (Wildman–Crippen LogP) is 3.26. The van der Waals surface area contributed by atoms with Gasteiger partial charge >= 0.3 is 0 Å². The Morgan fingerprint density at radius 2 is 2.00 bits per heavy atom. The van der Waals surface area contributed by atoms with Crippen LogP contribution in [0.3, 0.4) is 0 Å². The quantitative estimate of drug-likeness (QED) is 0.690. The van der Waals surface area contributed by atoms with Crippen LogP contribution >= 0.6 is 0 Å². The topological polar surface area (TPSA) is 108 Å². The summed E-state index contributed by atoms with van der Waals surface area (Å²) in [6, 6.07) is 5.70. The number of aromatic amines is 1. The lowest BCUT2D eigenvalue weighted by Gasteiger charge is -2.43. The number of nitriles is 1. The molecule has 1 N–H and O–H groups in total. The summed E-state index contributed by atoms with van der Waals surface area (Å²) in [5.74, 6) is 0.113. The van der Waals surface area contributed by atoms with Crippen LogP contribution in [0.25, 0.3) is 11.0 Å². The fourth-order valence-corrected chi connectivity index (χ4v) is 5.03. The maximum atomic E-state index is 13.1. The number of hydrogen-bond donors (Lipinski definition) is 1. The fourth-order valence-electron chi connectivity index (χ4n) is 5.03. The largest absolute Gasteiger partial charge is 0.339 e. The Hall–Kier alpha value is -3.47. The number of H-pyrrole nitrogens is 1. The van der Waals surface area contributed by atoms with Crippen LogP contribution < -0.4 is 0 Å². The van der Waals surface area contributed by atoms with Gasteiger partial charge in [-0.2, -0.15) is 10.4 Å². The molecule has 1 aliphatic heterocycles. The molecule has 1 fully saturated rings. The maximum absolute atomic E-state index is 13.1. The lowest BCUT2D eigenvalue weighted by molar-refractivity contribution is 0.0517. The zero-order valence-electron chi connectivity index (χ0n) is 17.7. The third-order valence-electron chi connectivity index (χ3n) is 6.67. The molecule has 1 amide bonds. The first-order valence-corrected chi connectivity index (χ1v) is 10.7. The Bertz CT molecular complexity index is 1240. The number of nitrogens with one attached hydrogen (secondary N) is 1. The van der Waals surface area contributed by atoms with E-state index in [1.54, 1.807) is 18.3 Å². The van der Waals surface area contributed by atoms with E-state index in [0.29, 0.717) is 36.4 Å². The van der Waals surface area contributed by atoms with Crippen molar-refractivity contribution in [3.05, 3.63) is 47.0 Å². The average Bonchev–Trinajstić information content (AvgIpc) is 3.37. The summed E-state index contributed by atoms with van der Waals surface area (Å²) in [6.07, 6.45) is 6.37. The molecule has 8 nitrogen and oxygen atoms in total. The van der Waals surface area contributed by atoms with Gasteiger partial charge in [0.25, 0.3) is 5.91 Å². The standard InChI is InChI=1S/C23H24N6O2/c1-14(2)29-20-17(13-26-29)9-23(10-19(20)30)3-5-28(6-4-23)22(31)16-7-15-8-18(11-24)27-21(15)25-12-16/h7-8,12-14H,3-6,9-10H2,1-2H3,(H,25,27). The number of amides is 1. The minimum atomic E-state index is -0.0871. The van der Waals surface area contributed by atoms with Crippen LogP contribution in [0.2, 0.25) is 0 Å². The highest BCUT2D eigenvalue weighted by atomic mass is 16.2. The van der Waals surface area contributed by atoms with Crippen molar-refractivity contribution in [1.29, 1.82) is 5.26 Å². The number of pyridine rings is 1. The van der Waals surface area contributed by atoms with Gasteiger partial charge in [0, 0.05) is 42.7 Å². The second kappa shape index (κ2) is 7.05. The van der Waals surface area contributed by atoms with Gasteiger partial charge in [0.1, 0.15) is 23.1 Å². The van der Waals surface area contributed by atoms with E-state index in [4.69, 9.17) is 5.26 Å². The number of fused-ring (bicyclic) bond motifs is 2. The zero-order chi connectivity index (χ0) is 21.8. The number of Topliss-reactive ketones (excluding diaryl/α,β-unsaturated/α-hetero) is 1. The molecule has 1 aliphatic carbocycles. The van der Waals surface area contributed by atoms with Crippen LogP contribution in [0.4, 0.5) is 0 Å². The van der Waals surface area contributed by atoms with Gasteiger partial charge in [-0.15, -0.1) is 0 Å². The number of ketones is 1. The highest BCUT2D eigenvalue weighted by Crippen LogP contribution is 2.44. The summed E-state index contributed by atoms with van der Waals surface area (Å²) in [5.41, 5.74) is 3.27. The van der Waals surface area contributed by atoms with Crippen LogP contribution in [0, 0.1) is 16.7 Å². The van der Waals surface area contributed by atoms with Crippen molar-refractivity contribution >= 4 is 22.7 Å². The van der Waals surface area contributed by atoms with Crippen molar-refractivity contribution in [2.24, 2.45) is 5.41 Å². The Morgan fingerprint density at radius 1 is 1.23 bits per heavy atom.